The van der Waals surface area contributed by atoms with Crippen molar-refractivity contribution in [3.8, 4) is 5.75 Å². The van der Waals surface area contributed by atoms with Gasteiger partial charge in [-0.05, 0) is 34.4 Å². The quantitative estimate of drug-likeness (QED) is 0.438. The molecule has 0 unspecified atom stereocenters. The van der Waals surface area contributed by atoms with Crippen molar-refractivity contribution >= 4 is 23.3 Å². The first kappa shape index (κ1) is 18.3. The van der Waals surface area contributed by atoms with Crippen LogP contribution >= 0.6 is 0 Å². The fourth-order valence-corrected chi connectivity index (χ4v) is 4.49. The molecule has 1 heterocycles. The molecule has 0 saturated carbocycles. The molecule has 146 valence electrons. The van der Waals surface area contributed by atoms with Crippen molar-refractivity contribution in [3.05, 3.63) is 113 Å². The van der Waals surface area contributed by atoms with Crippen LogP contribution in [0.15, 0.2) is 84.9 Å². The van der Waals surface area contributed by atoms with Crippen LogP contribution in [-0.4, -0.2) is 19.2 Å². The molecule has 0 aromatic heterocycles. The predicted molar refractivity (Wildman–Crippen MR) is 118 cm³/mol. The zero-order valence-corrected chi connectivity index (χ0v) is 16.4. The highest BCUT2D eigenvalue weighted by atomic mass is 16.5. The van der Waals surface area contributed by atoms with E-state index in [9.17, 15) is 9.59 Å². The van der Waals surface area contributed by atoms with E-state index in [1.165, 1.54) is 16.3 Å². The Labute approximate surface area is 174 Å². The number of fused-ring (bicyclic) bond motifs is 3. The molecule has 1 aliphatic heterocycles. The summed E-state index contributed by atoms with van der Waals surface area (Å²) in [4.78, 5) is 22.3. The largest absolute Gasteiger partial charge is 0.492 e. The van der Waals surface area contributed by atoms with Crippen molar-refractivity contribution < 1.29 is 14.3 Å². The summed E-state index contributed by atoms with van der Waals surface area (Å²) in [5.41, 5.74) is 4.23. The summed E-state index contributed by atoms with van der Waals surface area (Å²) in [6.07, 6.45) is 2.48. The number of rotatable bonds is 4. The smallest absolute Gasteiger partial charge is 0.150 e. The molecular formula is C27H20O3. The van der Waals surface area contributed by atoms with E-state index in [-0.39, 0.29) is 0 Å². The summed E-state index contributed by atoms with van der Waals surface area (Å²) in [5.74, 6) is 0.915. The third kappa shape index (κ3) is 2.91. The SMILES string of the molecule is O=Cc1ccc(C2(c3ccc(C=O)cc3)COc3ccc4ccccc4c3C2)cc1. The van der Waals surface area contributed by atoms with E-state index in [1.54, 1.807) is 0 Å². The number of benzene rings is 4. The molecule has 3 heteroatoms. The zero-order chi connectivity index (χ0) is 20.6. The van der Waals surface area contributed by atoms with Gasteiger partial charge in [-0.2, -0.15) is 0 Å². The molecule has 3 nitrogen and oxygen atoms in total. The Morgan fingerprint density at radius 2 is 1.30 bits per heavy atom. The highest BCUT2D eigenvalue weighted by Gasteiger charge is 2.40. The maximum absolute atomic E-state index is 11.2. The number of carbonyl (C=O) groups is 2. The van der Waals surface area contributed by atoms with Gasteiger partial charge >= 0.3 is 0 Å². The first-order valence-corrected chi connectivity index (χ1v) is 9.98. The minimum absolute atomic E-state index is 0.417. The minimum atomic E-state index is -0.417. The van der Waals surface area contributed by atoms with E-state index in [1.807, 2.05) is 60.7 Å². The van der Waals surface area contributed by atoms with Crippen molar-refractivity contribution in [2.24, 2.45) is 0 Å². The fourth-order valence-electron chi connectivity index (χ4n) is 4.49. The van der Waals surface area contributed by atoms with Crippen molar-refractivity contribution in [3.63, 3.8) is 0 Å². The number of carbonyl (C=O) groups excluding carboxylic acids is 2. The standard InChI is InChI=1S/C27H20O3/c28-16-19-5-10-22(11-6-19)27(23-12-7-20(17-29)8-13-23)15-25-24-4-2-1-3-21(24)9-14-26(25)30-18-27/h1-14,16-17H,15,18H2. The van der Waals surface area contributed by atoms with Gasteiger partial charge in [0.05, 0.1) is 5.41 Å². The van der Waals surface area contributed by atoms with Crippen LogP contribution < -0.4 is 4.74 Å². The third-order valence-corrected chi connectivity index (χ3v) is 6.15. The lowest BCUT2D eigenvalue weighted by Gasteiger charge is -2.39. The van der Waals surface area contributed by atoms with Crippen molar-refractivity contribution in [2.75, 3.05) is 6.61 Å². The van der Waals surface area contributed by atoms with E-state index < -0.39 is 5.41 Å². The Morgan fingerprint density at radius 1 is 0.700 bits per heavy atom. The topological polar surface area (TPSA) is 43.4 Å². The second kappa shape index (κ2) is 7.27. The zero-order valence-electron chi connectivity index (χ0n) is 16.4. The van der Waals surface area contributed by atoms with Gasteiger partial charge in [0, 0.05) is 16.7 Å². The average Bonchev–Trinajstić information content (AvgIpc) is 2.83. The van der Waals surface area contributed by atoms with Crippen LogP contribution in [0.4, 0.5) is 0 Å². The van der Waals surface area contributed by atoms with Crippen LogP contribution in [0.3, 0.4) is 0 Å². The molecule has 0 fully saturated rings. The van der Waals surface area contributed by atoms with Crippen molar-refractivity contribution in [2.45, 2.75) is 11.8 Å². The maximum Gasteiger partial charge on any atom is 0.150 e. The lowest BCUT2D eigenvalue weighted by Crippen LogP contribution is -2.40. The third-order valence-electron chi connectivity index (χ3n) is 6.15. The number of hydrogen-bond acceptors (Lipinski definition) is 3. The Balaban J connectivity index is 1.71. The van der Waals surface area contributed by atoms with Crippen molar-refractivity contribution in [1.82, 2.24) is 0 Å². The maximum atomic E-state index is 11.2. The second-order valence-electron chi connectivity index (χ2n) is 7.79. The molecule has 4 aromatic carbocycles. The molecule has 4 aromatic rings. The van der Waals surface area contributed by atoms with Crippen LogP contribution in [0.1, 0.15) is 37.4 Å². The van der Waals surface area contributed by atoms with Gasteiger partial charge in [-0.25, -0.2) is 0 Å². The van der Waals surface area contributed by atoms with Crippen LogP contribution in [0.25, 0.3) is 10.8 Å². The van der Waals surface area contributed by atoms with E-state index >= 15 is 0 Å². The normalized spacial score (nSPS) is 14.5. The van der Waals surface area contributed by atoms with Gasteiger partial charge in [0.2, 0.25) is 0 Å². The summed E-state index contributed by atoms with van der Waals surface area (Å²) in [6.45, 7) is 0.485. The molecule has 1 aliphatic rings. The molecule has 0 bridgehead atoms. The van der Waals surface area contributed by atoms with Crippen LogP contribution in [-0.2, 0) is 11.8 Å². The van der Waals surface area contributed by atoms with Gasteiger partial charge < -0.3 is 4.74 Å². The minimum Gasteiger partial charge on any atom is -0.492 e. The Bertz CT molecular complexity index is 1190. The van der Waals surface area contributed by atoms with E-state index in [2.05, 4.69) is 24.3 Å². The Hall–Kier alpha value is -3.72. The van der Waals surface area contributed by atoms with Crippen LogP contribution in [0.2, 0.25) is 0 Å². The van der Waals surface area contributed by atoms with Gasteiger partial charge in [0.25, 0.3) is 0 Å². The van der Waals surface area contributed by atoms with Crippen LogP contribution in [0.5, 0.6) is 5.75 Å². The second-order valence-corrected chi connectivity index (χ2v) is 7.79. The van der Waals surface area contributed by atoms with Crippen molar-refractivity contribution in [1.29, 1.82) is 0 Å². The molecule has 5 rings (SSSR count). The van der Waals surface area contributed by atoms with E-state index in [0.29, 0.717) is 17.7 Å². The number of ether oxygens (including phenoxy) is 1. The summed E-state index contributed by atoms with van der Waals surface area (Å²) < 4.78 is 6.33. The first-order valence-electron chi connectivity index (χ1n) is 9.98. The summed E-state index contributed by atoms with van der Waals surface area (Å²) >= 11 is 0. The van der Waals surface area contributed by atoms with Gasteiger partial charge in [0.1, 0.15) is 24.9 Å². The van der Waals surface area contributed by atoms with Gasteiger partial charge in [-0.3, -0.25) is 9.59 Å². The lowest BCUT2D eigenvalue weighted by molar-refractivity contribution is 0.111. The highest BCUT2D eigenvalue weighted by molar-refractivity contribution is 5.88. The van der Waals surface area contributed by atoms with Crippen LogP contribution in [0, 0.1) is 0 Å². The summed E-state index contributed by atoms with van der Waals surface area (Å²) in [5, 5.41) is 2.37. The monoisotopic (exact) mass is 392 g/mol. The molecule has 0 saturated heterocycles. The van der Waals surface area contributed by atoms with E-state index in [0.717, 1.165) is 35.9 Å². The highest BCUT2D eigenvalue weighted by Crippen LogP contribution is 2.44. The average molecular weight is 392 g/mol. The molecule has 0 amide bonds. The molecule has 0 radical (unpaired) electrons. The van der Waals surface area contributed by atoms with Gasteiger partial charge in [-0.15, -0.1) is 0 Å². The van der Waals surface area contributed by atoms with Gasteiger partial charge in [0.15, 0.2) is 0 Å². The Kier molecular flexibility index (Phi) is 4.44. The van der Waals surface area contributed by atoms with Gasteiger partial charge in [-0.1, -0.05) is 78.9 Å². The molecule has 0 aliphatic carbocycles. The summed E-state index contributed by atoms with van der Waals surface area (Å²) in [6, 6.07) is 27.9. The van der Waals surface area contributed by atoms with E-state index in [4.69, 9.17) is 4.74 Å². The molecule has 0 N–H and O–H groups in total. The molecular weight excluding hydrogens is 372 g/mol. The molecule has 0 spiro atoms. The number of aldehydes is 2. The summed E-state index contributed by atoms with van der Waals surface area (Å²) in [7, 11) is 0. The predicted octanol–water partition coefficient (Wildman–Crippen LogP) is 5.39. The Morgan fingerprint density at radius 3 is 1.90 bits per heavy atom. The molecule has 30 heavy (non-hydrogen) atoms. The number of hydrogen-bond donors (Lipinski definition) is 0. The lowest BCUT2D eigenvalue weighted by atomic mass is 9.69. The molecule has 0 atom stereocenters. The first-order chi connectivity index (χ1) is 14.7. The fraction of sp³-hybridized carbons (Fsp3) is 0.111.